The van der Waals surface area contributed by atoms with E-state index in [0.29, 0.717) is 42.9 Å². The topological polar surface area (TPSA) is 59.5 Å². The van der Waals surface area contributed by atoms with Crippen molar-refractivity contribution in [3.05, 3.63) is 94.8 Å². The van der Waals surface area contributed by atoms with Crippen LogP contribution in [0.1, 0.15) is 41.3 Å². The largest absolute Gasteiger partial charge is 0.493 e. The highest BCUT2D eigenvalue weighted by Gasteiger charge is 2.39. The number of halogens is 2. The molecule has 1 aliphatic heterocycles. The normalized spacial score (nSPS) is 15.8. The molecule has 0 N–H and O–H groups in total. The minimum atomic E-state index is -2.52. The first-order valence-corrected chi connectivity index (χ1v) is 12.4. The van der Waals surface area contributed by atoms with Crippen LogP contribution in [0.5, 0.6) is 5.75 Å². The second-order valence-corrected chi connectivity index (χ2v) is 9.41. The van der Waals surface area contributed by atoms with Gasteiger partial charge in [-0.3, -0.25) is 19.5 Å². The molecule has 2 aromatic carbocycles. The number of aromatic nitrogens is 1. The van der Waals surface area contributed by atoms with Gasteiger partial charge in [0.2, 0.25) is 5.91 Å². The summed E-state index contributed by atoms with van der Waals surface area (Å²) in [7, 11) is 0. The molecule has 35 heavy (non-hydrogen) atoms. The highest BCUT2D eigenvalue weighted by atomic mass is 32.2. The van der Waals surface area contributed by atoms with E-state index in [-0.39, 0.29) is 23.3 Å². The summed E-state index contributed by atoms with van der Waals surface area (Å²) in [6.07, 6.45) is 0.369. The lowest BCUT2D eigenvalue weighted by molar-refractivity contribution is -0.127. The molecule has 4 rings (SSSR count). The summed E-state index contributed by atoms with van der Waals surface area (Å²) >= 11 is 1.06. The Labute approximate surface area is 207 Å². The number of amides is 2. The molecule has 1 fully saturated rings. The van der Waals surface area contributed by atoms with Crippen LogP contribution in [0.25, 0.3) is 0 Å². The van der Waals surface area contributed by atoms with Gasteiger partial charge in [0.15, 0.2) is 0 Å². The summed E-state index contributed by atoms with van der Waals surface area (Å²) in [6, 6.07) is 18.3. The smallest absolute Gasteiger partial charge is 0.289 e. The van der Waals surface area contributed by atoms with Gasteiger partial charge in [0.25, 0.3) is 11.7 Å². The predicted molar refractivity (Wildman–Crippen MR) is 132 cm³/mol. The van der Waals surface area contributed by atoms with Crippen LogP contribution in [0.4, 0.5) is 13.6 Å². The van der Waals surface area contributed by atoms with Crippen molar-refractivity contribution in [1.29, 1.82) is 0 Å². The van der Waals surface area contributed by atoms with E-state index in [1.165, 1.54) is 17.2 Å². The van der Waals surface area contributed by atoms with Gasteiger partial charge in [0.05, 0.1) is 18.4 Å². The van der Waals surface area contributed by atoms with Gasteiger partial charge < -0.3 is 4.74 Å². The van der Waals surface area contributed by atoms with Crippen molar-refractivity contribution in [3.8, 4) is 5.75 Å². The minimum absolute atomic E-state index is 0.0296. The molecule has 2 amide bonds. The minimum Gasteiger partial charge on any atom is -0.493 e. The molecular weight excluding hydrogens is 470 g/mol. The van der Waals surface area contributed by atoms with E-state index in [4.69, 9.17) is 4.74 Å². The summed E-state index contributed by atoms with van der Waals surface area (Å²) in [5, 5.41) is -0.668. The summed E-state index contributed by atoms with van der Waals surface area (Å²) < 4.78 is 32.2. The number of aryl methyl sites for hydroxylation is 1. The third-order valence-electron chi connectivity index (χ3n) is 5.85. The summed E-state index contributed by atoms with van der Waals surface area (Å²) in [6.45, 7) is 2.42. The molecule has 0 aliphatic carbocycles. The fourth-order valence-corrected chi connectivity index (χ4v) is 4.96. The second-order valence-electron chi connectivity index (χ2n) is 8.26. The lowest BCUT2D eigenvalue weighted by Gasteiger charge is -2.14. The van der Waals surface area contributed by atoms with Crippen molar-refractivity contribution in [3.63, 3.8) is 0 Å². The first kappa shape index (κ1) is 24.9. The monoisotopic (exact) mass is 496 g/mol. The van der Waals surface area contributed by atoms with Gasteiger partial charge in [-0.05, 0) is 47.7 Å². The number of hydrogen-bond acceptors (Lipinski definition) is 5. The zero-order valence-electron chi connectivity index (χ0n) is 19.3. The van der Waals surface area contributed by atoms with Crippen LogP contribution in [0.3, 0.4) is 0 Å². The van der Waals surface area contributed by atoms with E-state index < -0.39 is 11.7 Å². The molecule has 8 heteroatoms. The highest BCUT2D eigenvalue weighted by Crippen LogP contribution is 2.31. The maximum absolute atomic E-state index is 13.2. The van der Waals surface area contributed by atoms with Crippen LogP contribution >= 0.6 is 11.8 Å². The molecule has 5 nitrogen and oxygen atoms in total. The van der Waals surface area contributed by atoms with Crippen LogP contribution in [-0.2, 0) is 30.6 Å². The van der Waals surface area contributed by atoms with Crippen molar-refractivity contribution in [2.45, 2.75) is 44.4 Å². The number of imide groups is 1. The molecule has 1 unspecified atom stereocenters. The van der Waals surface area contributed by atoms with E-state index >= 15 is 0 Å². The van der Waals surface area contributed by atoms with E-state index in [1.54, 1.807) is 12.1 Å². The Hall–Kier alpha value is -3.26. The Kier molecular flexibility index (Phi) is 8.13. The van der Waals surface area contributed by atoms with Gasteiger partial charge in [-0.2, -0.15) is 0 Å². The first-order chi connectivity index (χ1) is 16.9. The molecule has 1 aromatic heterocycles. The molecule has 182 valence electrons. The average molecular weight is 497 g/mol. The zero-order valence-corrected chi connectivity index (χ0v) is 20.1. The van der Waals surface area contributed by atoms with Gasteiger partial charge in [-0.15, -0.1) is 0 Å². The van der Waals surface area contributed by atoms with Gasteiger partial charge in [0, 0.05) is 23.9 Å². The Morgan fingerprint density at radius 2 is 1.80 bits per heavy atom. The van der Waals surface area contributed by atoms with Crippen molar-refractivity contribution in [1.82, 2.24) is 9.88 Å². The maximum Gasteiger partial charge on any atom is 0.289 e. The Balaban J connectivity index is 1.29. The van der Waals surface area contributed by atoms with Gasteiger partial charge in [-0.25, -0.2) is 8.78 Å². The van der Waals surface area contributed by atoms with E-state index in [0.717, 1.165) is 22.9 Å². The summed E-state index contributed by atoms with van der Waals surface area (Å²) in [4.78, 5) is 30.7. The molecule has 0 spiro atoms. The highest BCUT2D eigenvalue weighted by molar-refractivity contribution is 8.15. The number of nitrogens with zero attached hydrogens (tertiary/aromatic N) is 2. The SMILES string of the molecule is CCc1cnc(CCOc2ccc(CC3SC(=O)N(Cc4ccccc4)C3=O)cc2)cc1C(F)F. The number of rotatable bonds is 10. The molecule has 1 aliphatic rings. The first-order valence-electron chi connectivity index (χ1n) is 11.5. The Bertz CT molecular complexity index is 1170. The molecule has 0 saturated carbocycles. The number of benzene rings is 2. The van der Waals surface area contributed by atoms with Crippen molar-refractivity contribution in [2.75, 3.05) is 6.61 Å². The number of carbonyl (C=O) groups excluding carboxylic acids is 2. The third-order valence-corrected chi connectivity index (χ3v) is 6.93. The Morgan fingerprint density at radius 3 is 2.49 bits per heavy atom. The van der Waals surface area contributed by atoms with Crippen LogP contribution in [0.15, 0.2) is 66.9 Å². The average Bonchev–Trinajstić information content (AvgIpc) is 3.13. The number of alkyl halides is 2. The molecule has 3 aromatic rings. The van der Waals surface area contributed by atoms with Crippen LogP contribution in [-0.4, -0.2) is 32.9 Å². The lowest BCUT2D eigenvalue weighted by Crippen LogP contribution is -2.31. The zero-order chi connectivity index (χ0) is 24.8. The van der Waals surface area contributed by atoms with Crippen molar-refractivity contribution in [2.24, 2.45) is 0 Å². The molecule has 1 atom stereocenters. The standard InChI is InChI=1S/C27H26F2N2O3S/c1-2-20-16-30-21(15-23(20)25(28)29)12-13-34-22-10-8-18(9-11-22)14-24-26(32)31(27(33)35-24)17-19-6-4-3-5-7-19/h3-11,15-16,24-25H,2,12-14,17H2,1H3. The van der Waals surface area contributed by atoms with Gasteiger partial charge >= 0.3 is 0 Å². The van der Waals surface area contributed by atoms with Crippen LogP contribution in [0, 0.1) is 0 Å². The second kappa shape index (κ2) is 11.4. The third kappa shape index (κ3) is 6.25. The van der Waals surface area contributed by atoms with Crippen molar-refractivity contribution < 1.29 is 23.1 Å². The molecule has 0 radical (unpaired) electrons. The van der Waals surface area contributed by atoms with Crippen LogP contribution < -0.4 is 4.74 Å². The van der Waals surface area contributed by atoms with E-state index in [2.05, 4.69) is 4.98 Å². The Morgan fingerprint density at radius 1 is 1.06 bits per heavy atom. The van der Waals surface area contributed by atoms with Gasteiger partial charge in [-0.1, -0.05) is 61.2 Å². The fourth-order valence-electron chi connectivity index (χ4n) is 3.93. The predicted octanol–water partition coefficient (Wildman–Crippen LogP) is 6.01. The molecule has 1 saturated heterocycles. The van der Waals surface area contributed by atoms with Crippen LogP contribution in [0.2, 0.25) is 0 Å². The maximum atomic E-state index is 13.2. The number of hydrogen-bond donors (Lipinski definition) is 0. The molecule has 0 bridgehead atoms. The van der Waals surface area contributed by atoms with Gasteiger partial charge in [0.1, 0.15) is 5.75 Å². The quantitative estimate of drug-likeness (QED) is 0.344. The lowest BCUT2D eigenvalue weighted by atomic mass is 10.1. The number of thioether (sulfide) groups is 1. The number of pyridine rings is 1. The van der Waals surface area contributed by atoms with Crippen molar-refractivity contribution >= 4 is 22.9 Å². The summed E-state index contributed by atoms with van der Waals surface area (Å²) in [5.41, 5.74) is 3.00. The molecular formula is C27H26F2N2O3S. The number of carbonyl (C=O) groups is 2. The number of ether oxygens (including phenoxy) is 1. The fraction of sp³-hybridized carbons (Fsp3) is 0.296. The van der Waals surface area contributed by atoms with E-state index in [1.807, 2.05) is 49.4 Å². The molecule has 2 heterocycles. The van der Waals surface area contributed by atoms with E-state index in [9.17, 15) is 18.4 Å². The summed E-state index contributed by atoms with van der Waals surface area (Å²) in [5.74, 6) is 0.467.